The third kappa shape index (κ3) is 2.79. The Balaban J connectivity index is 2.21. The Morgan fingerprint density at radius 3 is 2.41 bits per heavy atom. The van der Waals surface area contributed by atoms with Crippen molar-refractivity contribution in [2.75, 3.05) is 0 Å². The van der Waals surface area contributed by atoms with Crippen LogP contribution in [0.3, 0.4) is 0 Å². The molecule has 1 aromatic heterocycles. The number of furan rings is 1. The van der Waals surface area contributed by atoms with Crippen LogP contribution in [-0.2, 0) is 6.42 Å². The number of hydrogen-bond donors (Lipinski definition) is 0. The highest BCUT2D eigenvalue weighted by atomic mass is 79.9. The van der Waals surface area contributed by atoms with Gasteiger partial charge in [0.1, 0.15) is 11.6 Å². The molecule has 0 atom stereocenters. The van der Waals surface area contributed by atoms with Gasteiger partial charge in [-0.2, -0.15) is 0 Å². The largest absolute Gasteiger partial charge is 0.460 e. The van der Waals surface area contributed by atoms with Gasteiger partial charge in [-0.25, -0.2) is 8.78 Å². The second-order valence-corrected chi connectivity index (χ2v) is 4.33. The van der Waals surface area contributed by atoms with Gasteiger partial charge >= 0.3 is 0 Å². The van der Waals surface area contributed by atoms with Crippen LogP contribution in [0.1, 0.15) is 16.1 Å². The molecule has 2 aromatic rings. The number of carbonyl (C=O) groups is 1. The number of carbonyl (C=O) groups excluding carboxylic acids is 1. The van der Waals surface area contributed by atoms with Gasteiger partial charge in [0.2, 0.25) is 5.78 Å². The lowest BCUT2D eigenvalue weighted by Crippen LogP contribution is -2.03. The molecule has 0 aliphatic heterocycles. The van der Waals surface area contributed by atoms with Crippen molar-refractivity contribution in [2.24, 2.45) is 0 Å². The first-order chi connectivity index (χ1) is 8.06. The lowest BCUT2D eigenvalue weighted by Gasteiger charge is -2.00. The van der Waals surface area contributed by atoms with Crippen LogP contribution in [0, 0.1) is 11.6 Å². The van der Waals surface area contributed by atoms with Crippen molar-refractivity contribution in [3.63, 3.8) is 0 Å². The van der Waals surface area contributed by atoms with E-state index in [1.807, 2.05) is 0 Å². The van der Waals surface area contributed by atoms with E-state index in [0.717, 1.165) is 18.2 Å². The highest BCUT2D eigenvalue weighted by Gasteiger charge is 2.15. The van der Waals surface area contributed by atoms with Crippen LogP contribution in [0.25, 0.3) is 0 Å². The molecule has 0 saturated carbocycles. The van der Waals surface area contributed by atoms with Crippen molar-refractivity contribution in [1.82, 2.24) is 0 Å². The molecule has 1 heterocycles. The van der Waals surface area contributed by atoms with Gasteiger partial charge in [0.25, 0.3) is 0 Å². The van der Waals surface area contributed by atoms with Crippen LogP contribution in [0.15, 0.2) is 39.4 Å². The molecule has 0 amide bonds. The Labute approximate surface area is 104 Å². The maximum absolute atomic E-state index is 12.9. The molecule has 0 radical (unpaired) electrons. The van der Waals surface area contributed by atoms with E-state index in [9.17, 15) is 13.6 Å². The minimum absolute atomic E-state index is 0.110. The standard InChI is InChI=1S/C12H7BrF2O2/c13-10-1-2-17-12(10)11(16)5-7-3-8(14)6-9(15)4-7/h1-4,6H,5H2. The van der Waals surface area contributed by atoms with E-state index in [1.54, 1.807) is 6.07 Å². The molecule has 0 unspecified atom stereocenters. The predicted molar refractivity (Wildman–Crippen MR) is 60.8 cm³/mol. The summed E-state index contributed by atoms with van der Waals surface area (Å²) in [5.41, 5.74) is 0.274. The monoisotopic (exact) mass is 300 g/mol. The average Bonchev–Trinajstić information content (AvgIpc) is 2.62. The van der Waals surface area contributed by atoms with Gasteiger partial charge in [0.05, 0.1) is 10.7 Å². The fourth-order valence-corrected chi connectivity index (χ4v) is 1.89. The summed E-state index contributed by atoms with van der Waals surface area (Å²) in [6.45, 7) is 0. The maximum atomic E-state index is 12.9. The highest BCUT2D eigenvalue weighted by molar-refractivity contribution is 9.10. The second kappa shape index (κ2) is 4.79. The molecule has 2 rings (SSSR count). The van der Waals surface area contributed by atoms with Crippen LogP contribution in [0.5, 0.6) is 0 Å². The van der Waals surface area contributed by atoms with E-state index in [1.165, 1.54) is 6.26 Å². The molecular formula is C12H7BrF2O2. The average molecular weight is 301 g/mol. The Morgan fingerprint density at radius 1 is 1.24 bits per heavy atom. The van der Waals surface area contributed by atoms with Crippen LogP contribution < -0.4 is 0 Å². The van der Waals surface area contributed by atoms with Crippen molar-refractivity contribution in [3.05, 3.63) is 58.0 Å². The topological polar surface area (TPSA) is 30.2 Å². The van der Waals surface area contributed by atoms with Gasteiger partial charge in [-0.1, -0.05) is 0 Å². The normalized spacial score (nSPS) is 10.5. The number of rotatable bonds is 3. The first-order valence-electron chi connectivity index (χ1n) is 4.77. The summed E-state index contributed by atoms with van der Waals surface area (Å²) in [5, 5.41) is 0. The highest BCUT2D eigenvalue weighted by Crippen LogP contribution is 2.20. The van der Waals surface area contributed by atoms with Gasteiger partial charge in [-0.15, -0.1) is 0 Å². The van der Waals surface area contributed by atoms with Gasteiger partial charge in [0, 0.05) is 12.5 Å². The van der Waals surface area contributed by atoms with Gasteiger partial charge in [-0.3, -0.25) is 4.79 Å². The van der Waals surface area contributed by atoms with Crippen LogP contribution in [-0.4, -0.2) is 5.78 Å². The lowest BCUT2D eigenvalue weighted by molar-refractivity contribution is 0.0965. The number of Topliss-reactive ketones (excluding diaryl/α,β-unsaturated/α-hetero) is 1. The second-order valence-electron chi connectivity index (χ2n) is 3.48. The molecule has 0 spiro atoms. The van der Waals surface area contributed by atoms with Crippen molar-refractivity contribution in [3.8, 4) is 0 Å². The van der Waals surface area contributed by atoms with Crippen LogP contribution >= 0.6 is 15.9 Å². The Hall–Kier alpha value is -1.49. The molecule has 2 nitrogen and oxygen atoms in total. The summed E-state index contributed by atoms with van der Waals surface area (Å²) in [5.74, 6) is -1.60. The summed E-state index contributed by atoms with van der Waals surface area (Å²) in [6.07, 6.45) is 1.25. The molecule has 1 aromatic carbocycles. The third-order valence-corrected chi connectivity index (χ3v) is 2.78. The molecule has 0 fully saturated rings. The summed E-state index contributed by atoms with van der Waals surface area (Å²) in [7, 11) is 0. The van der Waals surface area contributed by atoms with Crippen molar-refractivity contribution in [2.45, 2.75) is 6.42 Å². The molecule has 5 heteroatoms. The van der Waals surface area contributed by atoms with Crippen molar-refractivity contribution >= 4 is 21.7 Å². The van der Waals surface area contributed by atoms with Crippen molar-refractivity contribution in [1.29, 1.82) is 0 Å². The summed E-state index contributed by atoms with van der Waals surface area (Å²) < 4.78 is 31.3. The van der Waals surface area contributed by atoms with E-state index < -0.39 is 11.6 Å². The molecule has 17 heavy (non-hydrogen) atoms. The molecule has 0 N–H and O–H groups in total. The zero-order valence-corrected chi connectivity index (χ0v) is 10.1. The smallest absolute Gasteiger partial charge is 0.203 e. The molecule has 0 saturated heterocycles. The number of benzene rings is 1. The number of ketones is 1. The van der Waals surface area contributed by atoms with Gasteiger partial charge in [-0.05, 0) is 39.7 Å². The molecule has 0 aliphatic rings. The minimum Gasteiger partial charge on any atom is -0.460 e. The summed E-state index contributed by atoms with van der Waals surface area (Å²) in [6, 6.07) is 4.59. The number of halogens is 3. The maximum Gasteiger partial charge on any atom is 0.203 e. The fraction of sp³-hybridized carbons (Fsp3) is 0.0833. The zero-order chi connectivity index (χ0) is 12.4. The van der Waals surface area contributed by atoms with Crippen LogP contribution in [0.4, 0.5) is 8.78 Å². The Morgan fingerprint density at radius 2 is 1.88 bits per heavy atom. The van der Waals surface area contributed by atoms with E-state index in [-0.39, 0.29) is 23.5 Å². The Kier molecular flexibility index (Phi) is 3.38. The third-order valence-electron chi connectivity index (χ3n) is 2.16. The van der Waals surface area contributed by atoms with Crippen molar-refractivity contribution < 1.29 is 18.0 Å². The predicted octanol–water partition coefficient (Wildman–Crippen LogP) is 3.75. The Bertz CT molecular complexity index is 543. The number of hydrogen-bond acceptors (Lipinski definition) is 2. The molecule has 0 bridgehead atoms. The fourth-order valence-electron chi connectivity index (χ4n) is 1.47. The van der Waals surface area contributed by atoms with Gasteiger partial charge in [0.15, 0.2) is 5.76 Å². The molecule has 88 valence electrons. The summed E-state index contributed by atoms with van der Waals surface area (Å²) >= 11 is 3.15. The van der Waals surface area contributed by atoms with Crippen LogP contribution in [0.2, 0.25) is 0 Å². The van der Waals surface area contributed by atoms with E-state index in [2.05, 4.69) is 15.9 Å². The minimum atomic E-state index is -0.702. The zero-order valence-electron chi connectivity index (χ0n) is 8.54. The van der Waals surface area contributed by atoms with E-state index >= 15 is 0 Å². The van der Waals surface area contributed by atoms with E-state index in [4.69, 9.17) is 4.42 Å². The lowest BCUT2D eigenvalue weighted by atomic mass is 10.1. The molecular weight excluding hydrogens is 294 g/mol. The first-order valence-corrected chi connectivity index (χ1v) is 5.57. The summed E-state index contributed by atoms with van der Waals surface area (Å²) in [4.78, 5) is 11.7. The molecule has 0 aliphatic carbocycles. The van der Waals surface area contributed by atoms with Gasteiger partial charge < -0.3 is 4.42 Å². The SMILES string of the molecule is O=C(Cc1cc(F)cc(F)c1)c1occc1Br. The first kappa shape index (κ1) is 12.0. The van der Waals surface area contributed by atoms with E-state index in [0.29, 0.717) is 4.47 Å². The quantitative estimate of drug-likeness (QED) is 0.808.